The van der Waals surface area contributed by atoms with Gasteiger partial charge in [-0.3, -0.25) is 0 Å². The number of hydrogen-bond donors (Lipinski definition) is 0. The van der Waals surface area contributed by atoms with Gasteiger partial charge in [-0.15, -0.1) is 24.8 Å². The summed E-state index contributed by atoms with van der Waals surface area (Å²) in [5.41, 5.74) is 10.8. The van der Waals surface area contributed by atoms with Gasteiger partial charge in [0, 0.05) is 0 Å². The molecule has 2 aliphatic carbocycles. The summed E-state index contributed by atoms with van der Waals surface area (Å²) in [7, 11) is 0. The van der Waals surface area contributed by atoms with E-state index in [0.717, 1.165) is 0 Å². The van der Waals surface area contributed by atoms with E-state index in [1.807, 2.05) is 0 Å². The Balaban J connectivity index is 0.00000210. The van der Waals surface area contributed by atoms with Gasteiger partial charge in [0.1, 0.15) is 0 Å². The molecule has 0 spiro atoms. The van der Waals surface area contributed by atoms with Crippen molar-refractivity contribution in [1.29, 1.82) is 0 Å². The molecular formula is C26H37Cl2Zr. The molecule has 3 rings (SSSR count). The summed E-state index contributed by atoms with van der Waals surface area (Å²) in [5.74, 6) is 1.17. The summed E-state index contributed by atoms with van der Waals surface area (Å²) >= 11 is -2.97. The second-order valence-corrected chi connectivity index (χ2v) is 18.2. The van der Waals surface area contributed by atoms with E-state index in [1.165, 1.54) is 16.7 Å². The average molecular weight is 512 g/mol. The average Bonchev–Trinajstić information content (AvgIpc) is 2.96. The van der Waals surface area contributed by atoms with E-state index >= 15 is 0 Å². The van der Waals surface area contributed by atoms with Crippen molar-refractivity contribution in [2.45, 2.75) is 60.0 Å². The first kappa shape index (κ1) is 26.5. The maximum atomic E-state index is 2.73. The van der Waals surface area contributed by atoms with Crippen LogP contribution in [0.25, 0.3) is 0 Å². The Morgan fingerprint density at radius 3 is 1.34 bits per heavy atom. The van der Waals surface area contributed by atoms with Crippen molar-refractivity contribution in [1.82, 2.24) is 0 Å². The van der Waals surface area contributed by atoms with Gasteiger partial charge in [0.2, 0.25) is 0 Å². The fraction of sp³-hybridized carbons (Fsp3) is 0.423. The van der Waals surface area contributed by atoms with E-state index in [-0.39, 0.29) is 24.8 Å². The van der Waals surface area contributed by atoms with E-state index in [1.54, 1.807) is 28.9 Å². The van der Waals surface area contributed by atoms with Gasteiger partial charge < -0.3 is 0 Å². The van der Waals surface area contributed by atoms with Crippen LogP contribution in [0.1, 0.15) is 61.0 Å². The summed E-state index contributed by atoms with van der Waals surface area (Å²) in [6.07, 6.45) is 0. The number of halogens is 2. The molecular weight excluding hydrogens is 474 g/mol. The second-order valence-electron chi connectivity index (χ2n) is 8.89. The molecule has 1 aromatic rings. The van der Waals surface area contributed by atoms with Gasteiger partial charge in [0.15, 0.2) is 0 Å². The van der Waals surface area contributed by atoms with Crippen LogP contribution in [0.3, 0.4) is 0 Å². The van der Waals surface area contributed by atoms with E-state index in [4.69, 9.17) is 0 Å². The molecule has 2 atom stereocenters. The van der Waals surface area contributed by atoms with Crippen molar-refractivity contribution in [2.24, 2.45) is 11.8 Å². The van der Waals surface area contributed by atoms with Crippen LogP contribution in [0.2, 0.25) is 4.63 Å². The van der Waals surface area contributed by atoms with Crippen LogP contribution in [0, 0.1) is 11.8 Å². The molecule has 0 radical (unpaired) electrons. The molecule has 0 nitrogen and oxygen atoms in total. The summed E-state index contributed by atoms with van der Waals surface area (Å²) in [6.45, 7) is 19.0. The number of rotatable bonds is 3. The third kappa shape index (κ3) is 4.30. The Hall–Kier alpha value is -0.487. The Morgan fingerprint density at radius 1 is 0.655 bits per heavy atom. The minimum Gasteiger partial charge on any atom is -0.147 e. The topological polar surface area (TPSA) is 0 Å². The molecule has 0 aliphatic heterocycles. The van der Waals surface area contributed by atoms with Crippen LogP contribution < -0.4 is 0 Å². The Morgan fingerprint density at radius 2 is 1.03 bits per heavy atom. The van der Waals surface area contributed by atoms with Crippen LogP contribution >= 0.6 is 24.8 Å². The van der Waals surface area contributed by atoms with Gasteiger partial charge in [-0.05, 0) is 0 Å². The molecule has 0 aromatic heterocycles. The first-order valence-corrected chi connectivity index (χ1v) is 16.6. The normalized spacial score (nSPS) is 23.9. The smallest absolute Gasteiger partial charge is 0.147 e. The van der Waals surface area contributed by atoms with Gasteiger partial charge in [-0.2, -0.15) is 0 Å². The molecule has 2 aliphatic rings. The van der Waals surface area contributed by atoms with Gasteiger partial charge in [0.05, 0.1) is 0 Å². The van der Waals surface area contributed by atoms with Crippen molar-refractivity contribution < 1.29 is 19.8 Å². The number of allylic oxidation sites excluding steroid dienone is 8. The Kier molecular flexibility index (Phi) is 8.94. The summed E-state index contributed by atoms with van der Waals surface area (Å²) < 4.78 is 9.00. The maximum absolute atomic E-state index is 2.97. The van der Waals surface area contributed by atoms with Crippen LogP contribution in [-0.2, 0) is 19.8 Å². The zero-order valence-corrected chi connectivity index (χ0v) is 23.5. The predicted molar refractivity (Wildman–Crippen MR) is 132 cm³/mol. The zero-order valence-electron chi connectivity index (χ0n) is 19.4. The Labute approximate surface area is 195 Å². The summed E-state index contributed by atoms with van der Waals surface area (Å²) in [4.78, 5) is 0. The van der Waals surface area contributed by atoms with E-state index in [0.29, 0.717) is 11.8 Å². The number of hydrogen-bond acceptors (Lipinski definition) is 0. The molecule has 29 heavy (non-hydrogen) atoms. The molecule has 159 valence electrons. The maximum Gasteiger partial charge on any atom is -0.147 e. The van der Waals surface area contributed by atoms with Gasteiger partial charge in [-0.1, -0.05) is 0 Å². The summed E-state index contributed by atoms with van der Waals surface area (Å²) in [6, 6.07) is 11.1. The van der Waals surface area contributed by atoms with Crippen molar-refractivity contribution in [3.8, 4) is 0 Å². The van der Waals surface area contributed by atoms with E-state index in [2.05, 4.69) is 94.1 Å². The molecule has 1 aromatic carbocycles. The molecule has 2 unspecified atom stereocenters. The molecule has 3 heteroatoms. The quantitative estimate of drug-likeness (QED) is 0.382. The van der Waals surface area contributed by atoms with Crippen molar-refractivity contribution in [3.63, 3.8) is 0 Å². The van der Waals surface area contributed by atoms with Gasteiger partial charge in [-0.25, -0.2) is 0 Å². The van der Waals surface area contributed by atoms with Crippen molar-refractivity contribution in [3.05, 3.63) is 75.9 Å². The van der Waals surface area contributed by atoms with Crippen molar-refractivity contribution >= 4 is 28.5 Å². The molecule has 0 N–H and O–H groups in total. The molecule has 0 heterocycles. The molecule has 0 fully saturated rings. The summed E-state index contributed by atoms with van der Waals surface area (Å²) in [5, 5.41) is 0. The molecule has 0 bridgehead atoms. The first-order chi connectivity index (χ1) is 12.6. The fourth-order valence-electron chi connectivity index (χ4n) is 5.59. The minimum absolute atomic E-state index is 0. The molecule has 0 amide bonds. The van der Waals surface area contributed by atoms with Crippen LogP contribution in [-0.4, -0.2) is 3.71 Å². The van der Waals surface area contributed by atoms with Crippen LogP contribution in [0.5, 0.6) is 0 Å². The molecule has 0 saturated carbocycles. The fourth-order valence-corrected chi connectivity index (χ4v) is 19.4. The van der Waals surface area contributed by atoms with Gasteiger partial charge in [0.25, 0.3) is 0 Å². The van der Waals surface area contributed by atoms with Gasteiger partial charge >= 0.3 is 171 Å². The third-order valence-corrected chi connectivity index (χ3v) is 19.4. The van der Waals surface area contributed by atoms with E-state index in [9.17, 15) is 0 Å². The largest absolute Gasteiger partial charge is 0.147 e. The third-order valence-electron chi connectivity index (χ3n) is 7.66. The van der Waals surface area contributed by atoms with Crippen molar-refractivity contribution in [2.75, 3.05) is 0 Å². The van der Waals surface area contributed by atoms with E-state index < -0.39 is 19.8 Å². The molecule has 0 saturated heterocycles. The van der Waals surface area contributed by atoms with Crippen LogP contribution in [0.15, 0.2) is 70.3 Å². The Bertz CT molecular complexity index is 915. The standard InChI is InChI=1S/2C9H13.C7H6.CH3.2ClH.Zr/c2*1-6-5-7(2)9(4)8(6)3;1-7-5-3-2-4-6-7;;;;/h2*6H,1-4H3;1-6H;1H3;2*1H;. The zero-order chi connectivity index (χ0) is 20.1. The second kappa shape index (κ2) is 9.76. The van der Waals surface area contributed by atoms with Crippen LogP contribution in [0.4, 0.5) is 0 Å². The monoisotopic (exact) mass is 509 g/mol. The minimum atomic E-state index is -2.97. The predicted octanol–water partition coefficient (Wildman–Crippen LogP) is 8.40. The number of benzene rings is 1. The first-order valence-electron chi connectivity index (χ1n) is 10.3. The SMILES string of the molecule is CC1=C(C)C(C)[C]([Zr]([CH3])(=[CH]c2ccccc2)[C]2=C(C)C(C)=C(C)C2C)=C1C.Cl.Cl.